The van der Waals surface area contributed by atoms with E-state index in [1.54, 1.807) is 7.11 Å². The quantitative estimate of drug-likeness (QED) is 0.556. The summed E-state index contributed by atoms with van der Waals surface area (Å²) in [5, 5.41) is 0. The fourth-order valence-electron chi connectivity index (χ4n) is 1.49. The van der Waals surface area contributed by atoms with Crippen molar-refractivity contribution in [2.75, 3.05) is 7.11 Å². The Hall–Kier alpha value is -1.06. The van der Waals surface area contributed by atoms with Crippen LogP contribution in [0.5, 0.6) is 5.75 Å². The molecular weight excluding hydrogens is 176 g/mol. The van der Waals surface area contributed by atoms with Gasteiger partial charge in [-0.05, 0) is 24.1 Å². The lowest BCUT2D eigenvalue weighted by Crippen LogP contribution is -2.27. The monoisotopic (exact) mass is 194 g/mol. The maximum absolute atomic E-state index is 5.49. The molecule has 0 fully saturated rings. The predicted molar refractivity (Wildman–Crippen MR) is 58.0 cm³/mol. The van der Waals surface area contributed by atoms with Gasteiger partial charge in [0, 0.05) is 6.04 Å². The minimum absolute atomic E-state index is 0.218. The SMILES string of the molecule is CCCC(NN)c1cccc(OC)c1. The number of ether oxygens (including phenoxy) is 1. The number of nitrogens with one attached hydrogen (secondary N) is 1. The van der Waals surface area contributed by atoms with Crippen molar-refractivity contribution in [1.29, 1.82) is 0 Å². The van der Waals surface area contributed by atoms with Crippen molar-refractivity contribution >= 4 is 0 Å². The molecule has 0 spiro atoms. The summed E-state index contributed by atoms with van der Waals surface area (Å²) in [4.78, 5) is 0. The van der Waals surface area contributed by atoms with Crippen molar-refractivity contribution in [3.63, 3.8) is 0 Å². The second-order valence-corrected chi connectivity index (χ2v) is 3.28. The van der Waals surface area contributed by atoms with Gasteiger partial charge in [0.05, 0.1) is 7.11 Å². The van der Waals surface area contributed by atoms with Crippen molar-refractivity contribution < 1.29 is 4.74 Å². The molecule has 3 N–H and O–H groups in total. The molecule has 0 aliphatic rings. The molecule has 3 heteroatoms. The van der Waals surface area contributed by atoms with Gasteiger partial charge in [-0.2, -0.15) is 0 Å². The van der Waals surface area contributed by atoms with Crippen LogP contribution in [-0.2, 0) is 0 Å². The molecule has 0 aliphatic carbocycles. The molecule has 0 amide bonds. The van der Waals surface area contributed by atoms with Crippen molar-refractivity contribution in [2.45, 2.75) is 25.8 Å². The zero-order chi connectivity index (χ0) is 10.4. The lowest BCUT2D eigenvalue weighted by atomic mass is 10.0. The molecule has 1 atom stereocenters. The van der Waals surface area contributed by atoms with E-state index in [0.717, 1.165) is 18.6 Å². The van der Waals surface area contributed by atoms with Gasteiger partial charge < -0.3 is 4.74 Å². The number of nitrogens with two attached hydrogens (primary N) is 1. The highest BCUT2D eigenvalue weighted by Crippen LogP contribution is 2.21. The van der Waals surface area contributed by atoms with Gasteiger partial charge in [-0.1, -0.05) is 25.5 Å². The number of methoxy groups -OCH3 is 1. The third-order valence-corrected chi connectivity index (χ3v) is 2.27. The molecular formula is C11H18N2O. The molecule has 0 aliphatic heterocycles. The van der Waals surface area contributed by atoms with Crippen LogP contribution in [0, 0.1) is 0 Å². The van der Waals surface area contributed by atoms with Crippen LogP contribution >= 0.6 is 0 Å². The lowest BCUT2D eigenvalue weighted by molar-refractivity contribution is 0.412. The summed E-state index contributed by atoms with van der Waals surface area (Å²) >= 11 is 0. The fraction of sp³-hybridized carbons (Fsp3) is 0.455. The third-order valence-electron chi connectivity index (χ3n) is 2.27. The fourth-order valence-corrected chi connectivity index (χ4v) is 1.49. The maximum atomic E-state index is 5.49. The molecule has 14 heavy (non-hydrogen) atoms. The van der Waals surface area contributed by atoms with Gasteiger partial charge in [-0.25, -0.2) is 0 Å². The molecule has 1 unspecified atom stereocenters. The number of hydrazine groups is 1. The molecule has 78 valence electrons. The van der Waals surface area contributed by atoms with E-state index in [-0.39, 0.29) is 6.04 Å². The molecule has 0 aromatic heterocycles. The first-order valence-corrected chi connectivity index (χ1v) is 4.92. The predicted octanol–water partition coefficient (Wildman–Crippen LogP) is 2.00. The summed E-state index contributed by atoms with van der Waals surface area (Å²) in [6, 6.07) is 8.20. The van der Waals surface area contributed by atoms with Gasteiger partial charge in [0.2, 0.25) is 0 Å². The molecule has 1 aromatic rings. The molecule has 0 heterocycles. The average Bonchev–Trinajstić information content (AvgIpc) is 2.26. The van der Waals surface area contributed by atoms with Crippen molar-refractivity contribution in [3.8, 4) is 5.75 Å². The van der Waals surface area contributed by atoms with Crippen molar-refractivity contribution in [2.24, 2.45) is 5.84 Å². The average molecular weight is 194 g/mol. The summed E-state index contributed by atoms with van der Waals surface area (Å²) in [5.41, 5.74) is 3.99. The third kappa shape index (κ3) is 2.72. The summed E-state index contributed by atoms with van der Waals surface area (Å²) in [6.07, 6.45) is 2.13. The highest BCUT2D eigenvalue weighted by molar-refractivity contribution is 5.30. The molecule has 0 radical (unpaired) electrons. The largest absolute Gasteiger partial charge is 0.497 e. The summed E-state index contributed by atoms with van der Waals surface area (Å²) in [7, 11) is 1.67. The highest BCUT2D eigenvalue weighted by atomic mass is 16.5. The Kier molecular flexibility index (Phi) is 4.43. The Morgan fingerprint density at radius 1 is 1.50 bits per heavy atom. The van der Waals surface area contributed by atoms with Crippen LogP contribution < -0.4 is 16.0 Å². The van der Waals surface area contributed by atoms with Crippen LogP contribution in [-0.4, -0.2) is 7.11 Å². The van der Waals surface area contributed by atoms with E-state index in [1.807, 2.05) is 18.2 Å². The zero-order valence-corrected chi connectivity index (χ0v) is 8.79. The molecule has 0 saturated heterocycles. The molecule has 0 bridgehead atoms. The van der Waals surface area contributed by atoms with E-state index in [9.17, 15) is 0 Å². The van der Waals surface area contributed by atoms with E-state index in [4.69, 9.17) is 10.6 Å². The minimum atomic E-state index is 0.218. The topological polar surface area (TPSA) is 47.3 Å². The van der Waals surface area contributed by atoms with Crippen LogP contribution in [0.2, 0.25) is 0 Å². The first kappa shape index (κ1) is 11.0. The summed E-state index contributed by atoms with van der Waals surface area (Å²) < 4.78 is 5.16. The van der Waals surface area contributed by atoms with Crippen molar-refractivity contribution in [1.82, 2.24) is 5.43 Å². The number of rotatable bonds is 5. The molecule has 0 saturated carbocycles. The smallest absolute Gasteiger partial charge is 0.119 e. The second kappa shape index (κ2) is 5.62. The van der Waals surface area contributed by atoms with Gasteiger partial charge >= 0.3 is 0 Å². The van der Waals surface area contributed by atoms with Gasteiger partial charge in [0.15, 0.2) is 0 Å². The Morgan fingerprint density at radius 3 is 2.86 bits per heavy atom. The van der Waals surface area contributed by atoms with Gasteiger partial charge in [-0.15, -0.1) is 0 Å². The van der Waals surface area contributed by atoms with Crippen LogP contribution in [0.3, 0.4) is 0 Å². The second-order valence-electron chi connectivity index (χ2n) is 3.28. The molecule has 1 aromatic carbocycles. The van der Waals surface area contributed by atoms with Gasteiger partial charge in [0.1, 0.15) is 5.75 Å². The van der Waals surface area contributed by atoms with Crippen LogP contribution in [0.15, 0.2) is 24.3 Å². The van der Waals surface area contributed by atoms with E-state index >= 15 is 0 Å². The molecule has 1 rings (SSSR count). The number of hydrogen-bond acceptors (Lipinski definition) is 3. The Bertz CT molecular complexity index is 276. The summed E-state index contributed by atoms with van der Waals surface area (Å²) in [6.45, 7) is 2.14. The van der Waals surface area contributed by atoms with E-state index in [0.29, 0.717) is 0 Å². The first-order valence-electron chi connectivity index (χ1n) is 4.92. The Morgan fingerprint density at radius 2 is 2.29 bits per heavy atom. The molecule has 3 nitrogen and oxygen atoms in total. The van der Waals surface area contributed by atoms with Crippen molar-refractivity contribution in [3.05, 3.63) is 29.8 Å². The zero-order valence-electron chi connectivity index (χ0n) is 8.79. The summed E-state index contributed by atoms with van der Waals surface area (Å²) in [5.74, 6) is 6.37. The number of benzene rings is 1. The Labute approximate surface area is 85.2 Å². The highest BCUT2D eigenvalue weighted by Gasteiger charge is 2.08. The van der Waals surface area contributed by atoms with Gasteiger partial charge in [0.25, 0.3) is 0 Å². The van der Waals surface area contributed by atoms with E-state index in [1.165, 1.54) is 5.56 Å². The maximum Gasteiger partial charge on any atom is 0.119 e. The van der Waals surface area contributed by atoms with E-state index in [2.05, 4.69) is 18.4 Å². The number of hydrogen-bond donors (Lipinski definition) is 2. The minimum Gasteiger partial charge on any atom is -0.497 e. The van der Waals surface area contributed by atoms with Gasteiger partial charge in [-0.3, -0.25) is 11.3 Å². The van der Waals surface area contributed by atoms with E-state index < -0.39 is 0 Å². The standard InChI is InChI=1S/C11H18N2O/c1-3-5-11(13-12)9-6-4-7-10(8-9)14-2/h4,6-8,11,13H,3,5,12H2,1-2H3. The normalized spacial score (nSPS) is 12.5. The van der Waals surface area contributed by atoms with Crippen LogP contribution in [0.1, 0.15) is 31.4 Å². The van der Waals surface area contributed by atoms with Crippen LogP contribution in [0.25, 0.3) is 0 Å². The first-order chi connectivity index (χ1) is 6.81. The lowest BCUT2D eigenvalue weighted by Gasteiger charge is -2.15. The van der Waals surface area contributed by atoms with Crippen LogP contribution in [0.4, 0.5) is 0 Å². The Balaban J connectivity index is 2.80.